The number of H-pyrrole nitrogens is 1. The van der Waals surface area contributed by atoms with E-state index in [1.807, 2.05) is 18.3 Å². The molecule has 148 valence electrons. The molecule has 4 aromatic rings. The molecule has 1 aromatic carbocycles. The van der Waals surface area contributed by atoms with Gasteiger partial charge < -0.3 is 15.6 Å². The van der Waals surface area contributed by atoms with Crippen LogP contribution in [0, 0.1) is 0 Å². The summed E-state index contributed by atoms with van der Waals surface area (Å²) < 4.78 is 2.57. The van der Waals surface area contributed by atoms with Crippen molar-refractivity contribution in [3.05, 3.63) is 39.2 Å². The van der Waals surface area contributed by atoms with Gasteiger partial charge in [-0.25, -0.2) is 4.98 Å². The summed E-state index contributed by atoms with van der Waals surface area (Å²) in [5.74, 6) is 0.695. The number of halogens is 1. The van der Waals surface area contributed by atoms with E-state index in [0.717, 1.165) is 40.6 Å². The number of fused-ring (bicyclic) bond motifs is 4. The van der Waals surface area contributed by atoms with Gasteiger partial charge in [-0.1, -0.05) is 17.7 Å². The molecular weight excluding hydrogens is 408 g/mol. The molecule has 29 heavy (non-hydrogen) atoms. The fraction of sp³-hybridized carbons (Fsp3) is 0.350. The largest absolute Gasteiger partial charge is 0.345 e. The first kappa shape index (κ1) is 17.4. The average molecular weight is 427 g/mol. The Kier molecular flexibility index (Phi) is 3.63. The van der Waals surface area contributed by atoms with E-state index in [2.05, 4.69) is 14.9 Å². The number of thiazole rings is 1. The smallest absolute Gasteiger partial charge is 0.264 e. The first-order valence-corrected chi connectivity index (χ1v) is 10.9. The summed E-state index contributed by atoms with van der Waals surface area (Å²) in [6.07, 6.45) is 4.94. The average Bonchev–Trinajstić information content (AvgIpc) is 3.47. The molecule has 9 heteroatoms. The highest BCUT2D eigenvalue weighted by atomic mass is 35.5. The third-order valence-corrected chi connectivity index (χ3v) is 7.80. The Morgan fingerprint density at radius 2 is 2.17 bits per heavy atom. The molecule has 2 aliphatic heterocycles. The van der Waals surface area contributed by atoms with Gasteiger partial charge in [0, 0.05) is 42.5 Å². The first-order chi connectivity index (χ1) is 14.0. The van der Waals surface area contributed by atoms with Crippen molar-refractivity contribution in [1.29, 1.82) is 0 Å². The van der Waals surface area contributed by atoms with Gasteiger partial charge in [0.25, 0.3) is 5.56 Å². The Balaban J connectivity index is 1.55. The number of rotatable bonds is 2. The van der Waals surface area contributed by atoms with Gasteiger partial charge in [-0.2, -0.15) is 4.98 Å². The van der Waals surface area contributed by atoms with Crippen LogP contribution in [0.25, 0.3) is 32.4 Å². The second-order valence-corrected chi connectivity index (χ2v) is 9.17. The van der Waals surface area contributed by atoms with Crippen molar-refractivity contribution in [1.82, 2.24) is 19.5 Å². The van der Waals surface area contributed by atoms with Gasteiger partial charge >= 0.3 is 0 Å². The molecule has 0 amide bonds. The zero-order chi connectivity index (χ0) is 19.9. The van der Waals surface area contributed by atoms with Crippen LogP contribution in [0.15, 0.2) is 28.6 Å². The molecule has 0 saturated carbocycles. The Morgan fingerprint density at radius 1 is 1.31 bits per heavy atom. The zero-order valence-electron chi connectivity index (χ0n) is 15.7. The normalized spacial score (nSPS) is 23.7. The summed E-state index contributed by atoms with van der Waals surface area (Å²) in [6, 6.07) is 4.61. The van der Waals surface area contributed by atoms with E-state index in [1.54, 1.807) is 17.1 Å². The SMILES string of the molecule is Cn1c(N2[C@H]3CC[C@@H]2[C@H](N)C3)nc2[nH]cc(-c3ccc4ncsc4c3Cl)c2c1=O. The van der Waals surface area contributed by atoms with Gasteiger partial charge in [0.2, 0.25) is 5.95 Å². The lowest BCUT2D eigenvalue weighted by molar-refractivity contribution is 0.503. The molecule has 3 N–H and O–H groups in total. The number of aromatic nitrogens is 4. The molecule has 0 aliphatic carbocycles. The number of nitrogens with one attached hydrogen (secondary N) is 1. The van der Waals surface area contributed by atoms with E-state index in [9.17, 15) is 4.79 Å². The highest BCUT2D eigenvalue weighted by molar-refractivity contribution is 7.17. The van der Waals surface area contributed by atoms with Crippen LogP contribution in [0.3, 0.4) is 0 Å². The van der Waals surface area contributed by atoms with E-state index in [4.69, 9.17) is 22.3 Å². The number of anilines is 1. The number of aromatic amines is 1. The number of hydrogen-bond donors (Lipinski definition) is 2. The van der Waals surface area contributed by atoms with Gasteiger partial charge in [0.1, 0.15) is 5.65 Å². The summed E-state index contributed by atoms with van der Waals surface area (Å²) in [5, 5.41) is 1.17. The maximum absolute atomic E-state index is 13.4. The van der Waals surface area contributed by atoms with Crippen molar-refractivity contribution in [3.8, 4) is 11.1 Å². The molecule has 5 heterocycles. The summed E-state index contributed by atoms with van der Waals surface area (Å²) in [7, 11) is 1.79. The van der Waals surface area contributed by atoms with Crippen molar-refractivity contribution in [2.75, 3.05) is 4.90 Å². The van der Waals surface area contributed by atoms with Crippen LogP contribution in [0.1, 0.15) is 19.3 Å². The molecule has 7 nitrogen and oxygen atoms in total. The molecule has 3 atom stereocenters. The monoisotopic (exact) mass is 426 g/mol. The second kappa shape index (κ2) is 6.04. The number of nitrogens with two attached hydrogens (primary N) is 1. The second-order valence-electron chi connectivity index (χ2n) is 7.93. The number of hydrogen-bond acceptors (Lipinski definition) is 6. The lowest BCUT2D eigenvalue weighted by atomic mass is 9.97. The van der Waals surface area contributed by atoms with Crippen molar-refractivity contribution in [2.24, 2.45) is 12.8 Å². The summed E-state index contributed by atoms with van der Waals surface area (Å²) >= 11 is 8.16. The van der Waals surface area contributed by atoms with E-state index in [-0.39, 0.29) is 17.6 Å². The summed E-state index contributed by atoms with van der Waals surface area (Å²) in [4.78, 5) is 28.0. The van der Waals surface area contributed by atoms with Gasteiger partial charge in [-0.3, -0.25) is 9.36 Å². The first-order valence-electron chi connectivity index (χ1n) is 9.68. The van der Waals surface area contributed by atoms with E-state index >= 15 is 0 Å². The van der Waals surface area contributed by atoms with Crippen molar-refractivity contribution in [3.63, 3.8) is 0 Å². The Hall–Kier alpha value is -2.42. The fourth-order valence-corrected chi connectivity index (χ4v) is 6.17. The van der Waals surface area contributed by atoms with Crippen LogP contribution in [0.2, 0.25) is 5.02 Å². The topological polar surface area (TPSA) is 92.8 Å². The summed E-state index contributed by atoms with van der Waals surface area (Å²) in [6.45, 7) is 0. The molecular formula is C20H19ClN6OS. The van der Waals surface area contributed by atoms with Gasteiger partial charge in [0.05, 0.1) is 26.1 Å². The van der Waals surface area contributed by atoms with Gasteiger partial charge in [-0.05, 0) is 25.3 Å². The predicted molar refractivity (Wildman–Crippen MR) is 117 cm³/mol. The van der Waals surface area contributed by atoms with Crippen LogP contribution in [0.5, 0.6) is 0 Å². The predicted octanol–water partition coefficient (Wildman–Crippen LogP) is 3.26. The van der Waals surface area contributed by atoms with Crippen molar-refractivity contribution in [2.45, 2.75) is 37.4 Å². The van der Waals surface area contributed by atoms with Gasteiger partial charge in [-0.15, -0.1) is 11.3 Å². The fourth-order valence-electron chi connectivity index (χ4n) is 5.04. The molecule has 3 aromatic heterocycles. The lowest BCUT2D eigenvalue weighted by Crippen LogP contribution is -2.40. The molecule has 2 aliphatic rings. The molecule has 2 saturated heterocycles. The van der Waals surface area contributed by atoms with Crippen LogP contribution < -0.4 is 16.2 Å². The highest BCUT2D eigenvalue weighted by Crippen LogP contribution is 2.41. The quantitative estimate of drug-likeness (QED) is 0.513. The van der Waals surface area contributed by atoms with Crippen LogP contribution in [-0.4, -0.2) is 37.6 Å². The Labute approximate surface area is 175 Å². The third kappa shape index (κ3) is 2.30. The van der Waals surface area contributed by atoms with Crippen LogP contribution in [0.4, 0.5) is 5.95 Å². The maximum Gasteiger partial charge on any atom is 0.264 e. The zero-order valence-corrected chi connectivity index (χ0v) is 17.3. The molecule has 0 unspecified atom stereocenters. The van der Waals surface area contributed by atoms with E-state index in [1.165, 1.54) is 11.3 Å². The Morgan fingerprint density at radius 3 is 2.93 bits per heavy atom. The van der Waals surface area contributed by atoms with E-state index < -0.39 is 0 Å². The minimum atomic E-state index is -0.0819. The molecule has 2 fully saturated rings. The lowest BCUT2D eigenvalue weighted by Gasteiger charge is -2.25. The van der Waals surface area contributed by atoms with E-state index in [0.29, 0.717) is 28.0 Å². The van der Waals surface area contributed by atoms with Gasteiger partial charge in [0.15, 0.2) is 0 Å². The minimum Gasteiger partial charge on any atom is -0.345 e. The standard InChI is InChI=1S/C20H19ClN6OS/c1-26-19(28)15-11(10-3-4-13-17(16(10)21)29-8-24-13)7-23-18(15)25-20(26)27-9-2-5-14(27)12(22)6-9/h3-4,7-9,12,14,23H,2,5-6,22H2,1H3/t9-,12+,14+/m0/s1. The molecule has 0 spiro atoms. The van der Waals surface area contributed by atoms with Crippen molar-refractivity contribution < 1.29 is 0 Å². The minimum absolute atomic E-state index is 0.0819. The maximum atomic E-state index is 13.4. The number of benzene rings is 1. The summed E-state index contributed by atoms with van der Waals surface area (Å²) in [5.41, 5.74) is 11.0. The van der Waals surface area contributed by atoms with Crippen LogP contribution in [-0.2, 0) is 7.05 Å². The molecule has 2 bridgehead atoms. The third-order valence-electron chi connectivity index (χ3n) is 6.43. The van der Waals surface area contributed by atoms with Crippen molar-refractivity contribution >= 4 is 50.1 Å². The molecule has 6 rings (SSSR count). The van der Waals surface area contributed by atoms with Crippen LogP contribution >= 0.6 is 22.9 Å². The highest BCUT2D eigenvalue weighted by Gasteiger charge is 2.46. The Bertz CT molecular complexity index is 1340. The molecule has 0 radical (unpaired) electrons. The number of nitrogens with zero attached hydrogens (tertiary/aromatic N) is 4.